The van der Waals surface area contributed by atoms with Crippen LogP contribution in [0.25, 0.3) is 10.8 Å². The number of carbonyl (C=O) groups is 1. The zero-order valence-electron chi connectivity index (χ0n) is 17.9. The number of anilines is 1. The molecule has 0 bridgehead atoms. The van der Waals surface area contributed by atoms with Gasteiger partial charge in [-0.15, -0.1) is 0 Å². The molecule has 0 fully saturated rings. The van der Waals surface area contributed by atoms with E-state index in [0.29, 0.717) is 22.6 Å². The van der Waals surface area contributed by atoms with Crippen molar-refractivity contribution >= 4 is 34.0 Å². The molecule has 4 aromatic rings. The summed E-state index contributed by atoms with van der Waals surface area (Å²) in [7, 11) is 0. The average molecular weight is 453 g/mol. The van der Waals surface area contributed by atoms with Gasteiger partial charge in [-0.1, -0.05) is 29.8 Å². The number of benzene rings is 2. The van der Waals surface area contributed by atoms with Gasteiger partial charge in [-0.25, -0.2) is 9.07 Å². The number of fused-ring (bicyclic) bond motifs is 1. The predicted molar refractivity (Wildman–Crippen MR) is 124 cm³/mol. The molecule has 2 aromatic carbocycles. The second-order valence-corrected chi connectivity index (χ2v) is 8.20. The molecule has 8 heteroatoms. The van der Waals surface area contributed by atoms with Crippen LogP contribution in [-0.2, 0) is 17.9 Å². The van der Waals surface area contributed by atoms with E-state index in [0.717, 1.165) is 32.6 Å². The fraction of sp³-hybridized carbons (Fsp3) is 0.208. The van der Waals surface area contributed by atoms with E-state index in [9.17, 15) is 14.0 Å². The molecule has 0 aliphatic rings. The van der Waals surface area contributed by atoms with Crippen LogP contribution >= 0.6 is 11.6 Å². The molecule has 0 radical (unpaired) electrons. The van der Waals surface area contributed by atoms with Gasteiger partial charge >= 0.3 is 0 Å². The Bertz CT molecular complexity index is 1390. The van der Waals surface area contributed by atoms with Crippen molar-refractivity contribution in [3.05, 3.63) is 92.4 Å². The molecule has 2 heterocycles. The minimum Gasteiger partial charge on any atom is -0.343 e. The van der Waals surface area contributed by atoms with Crippen molar-refractivity contribution in [2.75, 3.05) is 5.32 Å². The Morgan fingerprint density at radius 2 is 1.81 bits per heavy atom. The van der Waals surface area contributed by atoms with Crippen molar-refractivity contribution in [2.24, 2.45) is 0 Å². The molecule has 6 nitrogen and oxygen atoms in total. The van der Waals surface area contributed by atoms with Gasteiger partial charge in [-0.05, 0) is 56.2 Å². The van der Waals surface area contributed by atoms with Gasteiger partial charge in [0.15, 0.2) is 0 Å². The van der Waals surface area contributed by atoms with E-state index in [1.807, 2.05) is 31.4 Å². The van der Waals surface area contributed by atoms with Gasteiger partial charge in [0, 0.05) is 34.0 Å². The van der Waals surface area contributed by atoms with Crippen molar-refractivity contribution in [1.29, 1.82) is 0 Å². The van der Waals surface area contributed by atoms with E-state index in [4.69, 9.17) is 11.6 Å². The zero-order chi connectivity index (χ0) is 23.0. The number of nitrogens with zero attached hydrogens (tertiary/aromatic N) is 3. The zero-order valence-corrected chi connectivity index (χ0v) is 18.7. The first-order chi connectivity index (χ1) is 15.2. The number of aryl methyl sites for hydroxylation is 3. The van der Waals surface area contributed by atoms with Crippen LogP contribution in [0.2, 0.25) is 5.02 Å². The van der Waals surface area contributed by atoms with Gasteiger partial charge < -0.3 is 9.88 Å². The van der Waals surface area contributed by atoms with E-state index in [-0.39, 0.29) is 23.8 Å². The summed E-state index contributed by atoms with van der Waals surface area (Å²) >= 11 is 6.11. The van der Waals surface area contributed by atoms with Crippen LogP contribution in [0.4, 0.5) is 10.1 Å². The van der Waals surface area contributed by atoms with E-state index in [2.05, 4.69) is 10.4 Å². The summed E-state index contributed by atoms with van der Waals surface area (Å²) < 4.78 is 16.4. The molecule has 0 spiro atoms. The number of carbonyl (C=O) groups excluding carboxylic acids is 1. The molecular formula is C24H22ClFN4O2. The Labute approximate surface area is 189 Å². The van der Waals surface area contributed by atoms with E-state index >= 15 is 0 Å². The standard InChI is InChI=1S/C24H22ClFN4O2/c1-14-4-9-19(10-21(14)25)28-22(31)13-30-24(32)23-16(3)29(15(2)20(23)11-27-30)12-17-5-7-18(26)8-6-17/h4-11H,12-13H2,1-3H3,(H,28,31). The Morgan fingerprint density at radius 1 is 1.09 bits per heavy atom. The maximum absolute atomic E-state index is 13.2. The van der Waals surface area contributed by atoms with Gasteiger partial charge in [0.2, 0.25) is 5.91 Å². The van der Waals surface area contributed by atoms with Crippen LogP contribution < -0.4 is 10.9 Å². The molecular weight excluding hydrogens is 431 g/mol. The Morgan fingerprint density at radius 3 is 2.50 bits per heavy atom. The molecule has 0 saturated carbocycles. The van der Waals surface area contributed by atoms with Crippen molar-refractivity contribution in [3.63, 3.8) is 0 Å². The summed E-state index contributed by atoms with van der Waals surface area (Å²) in [6.07, 6.45) is 1.61. The smallest absolute Gasteiger partial charge is 0.276 e. The topological polar surface area (TPSA) is 68.9 Å². The summed E-state index contributed by atoms with van der Waals surface area (Å²) in [5.41, 5.74) is 3.70. The molecule has 0 saturated heterocycles. The summed E-state index contributed by atoms with van der Waals surface area (Å²) in [5.74, 6) is -0.669. The SMILES string of the molecule is Cc1ccc(NC(=O)Cn2ncc3c(C)n(Cc4ccc(F)cc4)c(C)c3c2=O)cc1Cl. The molecule has 2 aromatic heterocycles. The second kappa shape index (κ2) is 8.59. The van der Waals surface area contributed by atoms with Crippen LogP contribution in [0, 0.1) is 26.6 Å². The fourth-order valence-corrected chi connectivity index (χ4v) is 3.95. The molecule has 0 aliphatic carbocycles. The Kier molecular flexibility index (Phi) is 5.84. The van der Waals surface area contributed by atoms with Gasteiger partial charge in [0.25, 0.3) is 5.56 Å². The van der Waals surface area contributed by atoms with Gasteiger partial charge in [-0.2, -0.15) is 5.10 Å². The lowest BCUT2D eigenvalue weighted by atomic mass is 10.2. The van der Waals surface area contributed by atoms with Crippen LogP contribution in [-0.4, -0.2) is 20.3 Å². The highest BCUT2D eigenvalue weighted by Crippen LogP contribution is 2.23. The molecule has 0 unspecified atom stereocenters. The number of halogens is 2. The minimum atomic E-state index is -0.376. The first-order valence-corrected chi connectivity index (χ1v) is 10.5. The monoisotopic (exact) mass is 452 g/mol. The van der Waals surface area contributed by atoms with E-state index in [1.165, 1.54) is 12.1 Å². The van der Waals surface area contributed by atoms with Crippen LogP contribution in [0.3, 0.4) is 0 Å². The van der Waals surface area contributed by atoms with Gasteiger partial charge in [0.05, 0.1) is 11.6 Å². The highest BCUT2D eigenvalue weighted by Gasteiger charge is 2.17. The second-order valence-electron chi connectivity index (χ2n) is 7.79. The van der Waals surface area contributed by atoms with Crippen LogP contribution in [0.5, 0.6) is 0 Å². The maximum Gasteiger partial charge on any atom is 0.276 e. The first kappa shape index (κ1) is 21.8. The number of rotatable bonds is 5. The van der Waals surface area contributed by atoms with Crippen molar-refractivity contribution in [3.8, 4) is 0 Å². The van der Waals surface area contributed by atoms with Gasteiger partial charge in [0.1, 0.15) is 12.4 Å². The molecule has 1 amide bonds. The molecule has 1 N–H and O–H groups in total. The minimum absolute atomic E-state index is 0.220. The quantitative estimate of drug-likeness (QED) is 0.481. The van der Waals surface area contributed by atoms with E-state index < -0.39 is 0 Å². The molecule has 32 heavy (non-hydrogen) atoms. The lowest BCUT2D eigenvalue weighted by Crippen LogP contribution is -2.29. The number of hydrogen-bond donors (Lipinski definition) is 1. The lowest BCUT2D eigenvalue weighted by Gasteiger charge is -2.09. The third kappa shape index (κ3) is 4.16. The summed E-state index contributed by atoms with van der Waals surface area (Å²) in [4.78, 5) is 25.6. The number of amides is 1. The molecule has 0 aliphatic heterocycles. The van der Waals surface area contributed by atoms with Crippen LogP contribution in [0.1, 0.15) is 22.5 Å². The predicted octanol–water partition coefficient (Wildman–Crippen LogP) is 4.60. The van der Waals surface area contributed by atoms with Crippen molar-refractivity contribution < 1.29 is 9.18 Å². The maximum atomic E-state index is 13.2. The fourth-order valence-electron chi connectivity index (χ4n) is 3.77. The van der Waals surface area contributed by atoms with Gasteiger partial charge in [-0.3, -0.25) is 9.59 Å². The summed E-state index contributed by atoms with van der Waals surface area (Å²) in [5, 5.41) is 8.75. The number of hydrogen-bond acceptors (Lipinski definition) is 3. The largest absolute Gasteiger partial charge is 0.343 e. The lowest BCUT2D eigenvalue weighted by molar-refractivity contribution is -0.117. The first-order valence-electron chi connectivity index (χ1n) is 10.1. The number of nitrogens with one attached hydrogen (secondary N) is 1. The van der Waals surface area contributed by atoms with Crippen molar-refractivity contribution in [1.82, 2.24) is 14.3 Å². The molecule has 4 rings (SSSR count). The highest BCUT2D eigenvalue weighted by molar-refractivity contribution is 6.31. The van der Waals surface area contributed by atoms with Crippen molar-refractivity contribution in [2.45, 2.75) is 33.9 Å². The summed E-state index contributed by atoms with van der Waals surface area (Å²) in [6.45, 7) is 5.93. The van der Waals surface area contributed by atoms with E-state index in [1.54, 1.807) is 30.5 Å². The van der Waals surface area contributed by atoms with Crippen LogP contribution in [0.15, 0.2) is 53.5 Å². The highest BCUT2D eigenvalue weighted by atomic mass is 35.5. The third-order valence-electron chi connectivity index (χ3n) is 5.61. The summed E-state index contributed by atoms with van der Waals surface area (Å²) in [6, 6.07) is 11.5. The average Bonchev–Trinajstić information content (AvgIpc) is 2.99. The number of aromatic nitrogens is 3. The Balaban J connectivity index is 1.62. The molecule has 164 valence electrons. The third-order valence-corrected chi connectivity index (χ3v) is 6.02. The molecule has 0 atom stereocenters. The Hall–Kier alpha value is -3.45. The normalized spacial score (nSPS) is 11.2.